The Kier molecular flexibility index (Phi) is 6.59. The molecule has 0 aliphatic carbocycles. The minimum Gasteiger partial charge on any atom is -0.452 e. The molecule has 2 rings (SSSR count). The number of carbonyl (C=O) groups excluding carboxylic acids is 2. The van der Waals surface area contributed by atoms with E-state index in [1.54, 1.807) is 0 Å². The summed E-state index contributed by atoms with van der Waals surface area (Å²) < 4.78 is 56.8. The van der Waals surface area contributed by atoms with Crippen LogP contribution in [0.4, 0.5) is 8.78 Å². The molecule has 0 atom stereocenters. The van der Waals surface area contributed by atoms with Crippen molar-refractivity contribution in [3.8, 4) is 0 Å². The van der Waals surface area contributed by atoms with Gasteiger partial charge in [0.15, 0.2) is 6.61 Å². The molecule has 0 unspecified atom stereocenters. The molecule has 0 aliphatic heterocycles. The normalized spacial score (nSPS) is 11.1. The van der Waals surface area contributed by atoms with Gasteiger partial charge < -0.3 is 10.1 Å². The maximum Gasteiger partial charge on any atom is 0.341 e. The van der Waals surface area contributed by atoms with Crippen LogP contribution in [0.3, 0.4) is 0 Å². The number of hydrogen-bond donors (Lipinski definition) is 2. The van der Waals surface area contributed by atoms with Crippen molar-refractivity contribution in [3.63, 3.8) is 0 Å². The number of esters is 1. The summed E-state index contributed by atoms with van der Waals surface area (Å²) in [6.07, 6.45) is 0. The number of amides is 1. The molecule has 144 valence electrons. The van der Waals surface area contributed by atoms with Crippen LogP contribution >= 0.6 is 0 Å². The molecule has 0 fully saturated rings. The van der Waals surface area contributed by atoms with Crippen molar-refractivity contribution in [2.24, 2.45) is 0 Å². The first-order valence-electron chi connectivity index (χ1n) is 7.64. The summed E-state index contributed by atoms with van der Waals surface area (Å²) in [5, 5.41) is 2.45. The van der Waals surface area contributed by atoms with Gasteiger partial charge in [0, 0.05) is 6.54 Å². The predicted octanol–water partition coefficient (Wildman–Crippen LogP) is 1.35. The van der Waals surface area contributed by atoms with Crippen LogP contribution in [0.5, 0.6) is 0 Å². The number of rotatable bonds is 7. The number of carbonyl (C=O) groups is 2. The van der Waals surface area contributed by atoms with Crippen molar-refractivity contribution in [3.05, 3.63) is 65.2 Å². The fourth-order valence-corrected chi connectivity index (χ4v) is 2.76. The Hall–Kier alpha value is -2.85. The highest BCUT2D eigenvalue weighted by molar-refractivity contribution is 7.89. The van der Waals surface area contributed by atoms with Crippen molar-refractivity contribution >= 4 is 21.9 Å². The zero-order valence-electron chi connectivity index (χ0n) is 14.2. The summed E-state index contributed by atoms with van der Waals surface area (Å²) >= 11 is 0. The third-order valence-corrected chi connectivity index (χ3v) is 4.89. The second kappa shape index (κ2) is 8.69. The topological polar surface area (TPSA) is 102 Å². The van der Waals surface area contributed by atoms with Gasteiger partial charge in [-0.3, -0.25) is 4.79 Å². The molecule has 0 aliphatic rings. The van der Waals surface area contributed by atoms with E-state index in [0.29, 0.717) is 5.56 Å². The van der Waals surface area contributed by atoms with Gasteiger partial charge in [0.2, 0.25) is 10.0 Å². The molecular formula is C17H16F2N2O5S. The quantitative estimate of drug-likeness (QED) is 0.686. The standard InChI is InChI=1S/C17H16F2N2O5S/c1-20-27(24,25)13-6-7-15(19)14(8-13)17(23)26-10-16(22)21-9-11-2-4-12(18)5-3-11/h2-8,20H,9-10H2,1H3,(H,21,22). The van der Waals surface area contributed by atoms with Gasteiger partial charge in [0.25, 0.3) is 5.91 Å². The van der Waals surface area contributed by atoms with Gasteiger partial charge in [0.1, 0.15) is 11.6 Å². The fourth-order valence-electron chi connectivity index (χ4n) is 2.01. The molecule has 10 heteroatoms. The molecule has 0 spiro atoms. The lowest BCUT2D eigenvalue weighted by Gasteiger charge is -2.09. The Bertz CT molecular complexity index is 946. The van der Waals surface area contributed by atoms with Gasteiger partial charge in [-0.2, -0.15) is 0 Å². The highest BCUT2D eigenvalue weighted by Gasteiger charge is 2.20. The lowest BCUT2D eigenvalue weighted by atomic mass is 10.2. The van der Waals surface area contributed by atoms with Crippen LogP contribution in [0.2, 0.25) is 0 Å². The first-order chi connectivity index (χ1) is 12.7. The van der Waals surface area contributed by atoms with Crippen LogP contribution in [-0.4, -0.2) is 33.9 Å². The number of sulfonamides is 1. The summed E-state index contributed by atoms with van der Waals surface area (Å²) in [4.78, 5) is 23.3. The molecule has 7 nitrogen and oxygen atoms in total. The zero-order valence-corrected chi connectivity index (χ0v) is 15.0. The van der Waals surface area contributed by atoms with Gasteiger partial charge in [0.05, 0.1) is 10.5 Å². The molecule has 2 aromatic rings. The third kappa shape index (κ3) is 5.56. The molecule has 0 heterocycles. The zero-order chi connectivity index (χ0) is 20.0. The van der Waals surface area contributed by atoms with E-state index < -0.39 is 45.7 Å². The number of halogens is 2. The number of hydrogen-bond acceptors (Lipinski definition) is 5. The van der Waals surface area contributed by atoms with Crippen molar-refractivity contribution < 1.29 is 31.5 Å². The minimum atomic E-state index is -3.88. The van der Waals surface area contributed by atoms with Gasteiger partial charge in [-0.05, 0) is 42.9 Å². The van der Waals surface area contributed by atoms with Crippen molar-refractivity contribution in [2.45, 2.75) is 11.4 Å². The summed E-state index contributed by atoms with van der Waals surface area (Å²) in [5.74, 6) is -3.24. The van der Waals surface area contributed by atoms with Crippen LogP contribution in [-0.2, 0) is 26.1 Å². The predicted molar refractivity (Wildman–Crippen MR) is 91.2 cm³/mol. The molecule has 2 aromatic carbocycles. The molecule has 1 amide bonds. The second-order valence-electron chi connectivity index (χ2n) is 5.33. The van der Waals surface area contributed by atoms with Crippen molar-refractivity contribution in [2.75, 3.05) is 13.7 Å². The lowest BCUT2D eigenvalue weighted by molar-refractivity contribution is -0.124. The molecule has 0 radical (unpaired) electrons. The Morgan fingerprint density at radius 3 is 2.37 bits per heavy atom. The molecule has 2 N–H and O–H groups in total. The minimum absolute atomic E-state index is 0.0842. The smallest absolute Gasteiger partial charge is 0.341 e. The maximum atomic E-state index is 13.8. The van der Waals surface area contributed by atoms with E-state index in [0.717, 1.165) is 18.2 Å². The summed E-state index contributed by atoms with van der Waals surface area (Å²) in [6.45, 7) is -0.608. The van der Waals surface area contributed by atoms with Gasteiger partial charge in [-0.25, -0.2) is 26.7 Å². The van der Waals surface area contributed by atoms with Crippen molar-refractivity contribution in [1.29, 1.82) is 0 Å². The van der Waals surface area contributed by atoms with Crippen molar-refractivity contribution in [1.82, 2.24) is 10.0 Å². The summed E-state index contributed by atoms with van der Waals surface area (Å²) in [5.41, 5.74) is 0.0183. The average molecular weight is 398 g/mol. The van der Waals surface area contributed by atoms with E-state index in [-0.39, 0.29) is 11.4 Å². The molecule has 0 aromatic heterocycles. The Balaban J connectivity index is 1.96. The van der Waals surface area contributed by atoms with Crippen LogP contribution in [0, 0.1) is 11.6 Å². The molecule has 0 saturated heterocycles. The van der Waals surface area contributed by atoms with Gasteiger partial charge in [-0.15, -0.1) is 0 Å². The SMILES string of the molecule is CNS(=O)(=O)c1ccc(F)c(C(=O)OCC(=O)NCc2ccc(F)cc2)c1. The first kappa shape index (κ1) is 20.5. The maximum absolute atomic E-state index is 13.8. The average Bonchev–Trinajstić information content (AvgIpc) is 2.65. The monoisotopic (exact) mass is 398 g/mol. The lowest BCUT2D eigenvalue weighted by Crippen LogP contribution is -2.28. The second-order valence-corrected chi connectivity index (χ2v) is 7.22. The van der Waals surface area contributed by atoms with E-state index in [1.165, 1.54) is 31.3 Å². The van der Waals surface area contributed by atoms with E-state index >= 15 is 0 Å². The number of benzene rings is 2. The molecular weight excluding hydrogens is 382 g/mol. The number of ether oxygens (including phenoxy) is 1. The Morgan fingerprint density at radius 2 is 1.74 bits per heavy atom. The van der Waals surface area contributed by atoms with Gasteiger partial charge >= 0.3 is 5.97 Å². The molecule has 0 saturated carbocycles. The van der Waals surface area contributed by atoms with Gasteiger partial charge in [-0.1, -0.05) is 12.1 Å². The van der Waals surface area contributed by atoms with E-state index in [4.69, 9.17) is 4.74 Å². The van der Waals surface area contributed by atoms with E-state index in [1.807, 2.05) is 4.72 Å². The van der Waals surface area contributed by atoms with E-state index in [2.05, 4.69) is 5.32 Å². The van der Waals surface area contributed by atoms with Crippen LogP contribution in [0.15, 0.2) is 47.4 Å². The van der Waals surface area contributed by atoms with Crippen LogP contribution in [0.1, 0.15) is 15.9 Å². The van der Waals surface area contributed by atoms with E-state index in [9.17, 15) is 26.8 Å². The number of nitrogens with one attached hydrogen (secondary N) is 2. The first-order valence-corrected chi connectivity index (χ1v) is 9.12. The third-order valence-electron chi connectivity index (χ3n) is 3.47. The van der Waals surface area contributed by atoms with Crippen LogP contribution in [0.25, 0.3) is 0 Å². The molecule has 27 heavy (non-hydrogen) atoms. The fraction of sp³-hybridized carbons (Fsp3) is 0.176. The Labute approximate surface area is 154 Å². The largest absolute Gasteiger partial charge is 0.452 e. The summed E-state index contributed by atoms with van der Waals surface area (Å²) in [6, 6.07) is 8.05. The highest BCUT2D eigenvalue weighted by atomic mass is 32.2. The Morgan fingerprint density at radius 1 is 1.07 bits per heavy atom. The highest BCUT2D eigenvalue weighted by Crippen LogP contribution is 2.16. The molecule has 0 bridgehead atoms. The van der Waals surface area contributed by atoms with Crippen LogP contribution < -0.4 is 10.0 Å². The summed E-state index contributed by atoms with van der Waals surface area (Å²) in [7, 11) is -2.71.